The Hall–Kier alpha value is -1.56. The zero-order chi connectivity index (χ0) is 12.3. The first-order valence-corrected chi connectivity index (χ1v) is 6.57. The van der Waals surface area contributed by atoms with Crippen LogP contribution in [0.15, 0.2) is 18.2 Å². The van der Waals surface area contributed by atoms with Gasteiger partial charge >= 0.3 is 5.97 Å². The number of aromatic nitrogens is 3. The van der Waals surface area contributed by atoms with Crippen LogP contribution >= 0.6 is 11.8 Å². The highest BCUT2D eigenvalue weighted by atomic mass is 32.2. The predicted molar refractivity (Wildman–Crippen MR) is 67.2 cm³/mol. The minimum atomic E-state index is -0.313. The molecule has 0 unspecified atom stereocenters. The Morgan fingerprint density at radius 2 is 2.35 bits per heavy atom. The minimum Gasteiger partial charge on any atom is -0.461 e. The molecule has 17 heavy (non-hydrogen) atoms. The summed E-state index contributed by atoms with van der Waals surface area (Å²) in [5.41, 5.74) is 2.11. The summed E-state index contributed by atoms with van der Waals surface area (Å²) >= 11 is 1.64. The molecule has 1 heterocycles. The van der Waals surface area contributed by atoms with Crippen molar-refractivity contribution < 1.29 is 9.53 Å². The Kier molecular flexibility index (Phi) is 3.63. The smallest absolute Gasteiger partial charge is 0.338 e. The highest BCUT2D eigenvalue weighted by Crippen LogP contribution is 2.13. The molecule has 5 nitrogen and oxygen atoms in total. The number of esters is 1. The quantitative estimate of drug-likeness (QED) is 0.608. The number of carbonyl (C=O) groups is 1. The largest absolute Gasteiger partial charge is 0.461 e. The van der Waals surface area contributed by atoms with Gasteiger partial charge in [-0.3, -0.25) is 0 Å². The van der Waals surface area contributed by atoms with Gasteiger partial charge in [-0.1, -0.05) is 5.21 Å². The van der Waals surface area contributed by atoms with E-state index in [0.29, 0.717) is 17.7 Å². The molecule has 90 valence electrons. The van der Waals surface area contributed by atoms with E-state index in [9.17, 15) is 4.79 Å². The third-order valence-electron chi connectivity index (χ3n) is 2.37. The van der Waals surface area contributed by atoms with Crippen LogP contribution in [0, 0.1) is 0 Å². The van der Waals surface area contributed by atoms with Crippen molar-refractivity contribution in [3.8, 4) is 0 Å². The zero-order valence-electron chi connectivity index (χ0n) is 9.71. The van der Waals surface area contributed by atoms with Gasteiger partial charge in [0.1, 0.15) is 12.1 Å². The molecule has 0 bridgehead atoms. The SMILES string of the molecule is CSCCOC(=O)c1ccc2c(c1)nnn2C. The highest BCUT2D eigenvalue weighted by molar-refractivity contribution is 7.98. The van der Waals surface area contributed by atoms with Crippen LogP contribution in [-0.2, 0) is 11.8 Å². The summed E-state index contributed by atoms with van der Waals surface area (Å²) in [5, 5.41) is 7.84. The van der Waals surface area contributed by atoms with Crippen molar-refractivity contribution in [2.75, 3.05) is 18.6 Å². The number of benzene rings is 1. The van der Waals surface area contributed by atoms with E-state index < -0.39 is 0 Å². The van der Waals surface area contributed by atoms with Crippen molar-refractivity contribution in [3.05, 3.63) is 23.8 Å². The van der Waals surface area contributed by atoms with Crippen LogP contribution in [0.4, 0.5) is 0 Å². The third-order valence-corrected chi connectivity index (χ3v) is 2.94. The molecule has 6 heteroatoms. The van der Waals surface area contributed by atoms with E-state index in [-0.39, 0.29) is 5.97 Å². The number of hydrogen-bond donors (Lipinski definition) is 0. The number of rotatable bonds is 4. The first-order chi connectivity index (χ1) is 8.22. The summed E-state index contributed by atoms with van der Waals surface area (Å²) in [5.74, 6) is 0.491. The van der Waals surface area contributed by atoms with Crippen LogP contribution in [0.25, 0.3) is 11.0 Å². The summed E-state index contributed by atoms with van der Waals surface area (Å²) < 4.78 is 6.77. The van der Waals surface area contributed by atoms with Gasteiger partial charge in [0, 0.05) is 12.8 Å². The molecule has 2 aromatic rings. The summed E-state index contributed by atoms with van der Waals surface area (Å²) in [6.45, 7) is 0.429. The predicted octanol–water partition coefficient (Wildman–Crippen LogP) is 1.49. The molecule has 0 fully saturated rings. The molecule has 0 aliphatic rings. The second-order valence-corrected chi connectivity index (χ2v) is 4.53. The first kappa shape index (κ1) is 11.9. The molecule has 1 aromatic heterocycles. The van der Waals surface area contributed by atoms with E-state index >= 15 is 0 Å². The lowest BCUT2D eigenvalue weighted by Gasteiger charge is -2.03. The maximum Gasteiger partial charge on any atom is 0.338 e. The first-order valence-electron chi connectivity index (χ1n) is 5.18. The fourth-order valence-electron chi connectivity index (χ4n) is 1.47. The monoisotopic (exact) mass is 251 g/mol. The number of hydrogen-bond acceptors (Lipinski definition) is 5. The van der Waals surface area contributed by atoms with E-state index in [0.717, 1.165) is 11.3 Å². The molecule has 1 aromatic carbocycles. The third kappa shape index (κ3) is 2.58. The van der Waals surface area contributed by atoms with Crippen LogP contribution < -0.4 is 0 Å². The van der Waals surface area contributed by atoms with Crippen LogP contribution in [-0.4, -0.2) is 39.6 Å². The molecule has 0 saturated carbocycles. The molecule has 0 amide bonds. The molecule has 0 aliphatic heterocycles. The van der Waals surface area contributed by atoms with Gasteiger partial charge in [-0.25, -0.2) is 9.48 Å². The van der Waals surface area contributed by atoms with E-state index in [1.807, 2.05) is 19.4 Å². The number of ether oxygens (including phenoxy) is 1. The summed E-state index contributed by atoms with van der Waals surface area (Å²) in [6.07, 6.45) is 1.97. The fraction of sp³-hybridized carbons (Fsp3) is 0.364. The van der Waals surface area contributed by atoms with Crippen molar-refractivity contribution in [1.82, 2.24) is 15.0 Å². The Balaban J connectivity index is 2.15. The molecule has 0 N–H and O–H groups in total. The molecule has 0 spiro atoms. The van der Waals surface area contributed by atoms with Crippen molar-refractivity contribution in [2.24, 2.45) is 7.05 Å². The Morgan fingerprint density at radius 1 is 1.53 bits per heavy atom. The van der Waals surface area contributed by atoms with Crippen LogP contribution in [0.5, 0.6) is 0 Å². The van der Waals surface area contributed by atoms with Crippen molar-refractivity contribution in [2.45, 2.75) is 0 Å². The van der Waals surface area contributed by atoms with Gasteiger partial charge in [0.25, 0.3) is 0 Å². The maximum atomic E-state index is 11.7. The molecule has 0 radical (unpaired) electrons. The summed E-state index contributed by atoms with van der Waals surface area (Å²) in [4.78, 5) is 11.7. The topological polar surface area (TPSA) is 57.0 Å². The van der Waals surface area contributed by atoms with E-state index in [4.69, 9.17) is 4.74 Å². The number of thioether (sulfide) groups is 1. The molecule has 0 atom stereocenters. The summed E-state index contributed by atoms with van der Waals surface area (Å²) in [7, 11) is 1.81. The van der Waals surface area contributed by atoms with Gasteiger partial charge in [0.05, 0.1) is 11.1 Å². The molecule has 2 rings (SSSR count). The Labute approximate surface area is 103 Å². The molecule has 0 aliphatic carbocycles. The molecular weight excluding hydrogens is 238 g/mol. The maximum absolute atomic E-state index is 11.7. The second-order valence-electron chi connectivity index (χ2n) is 3.55. The van der Waals surface area contributed by atoms with Crippen LogP contribution in [0.3, 0.4) is 0 Å². The number of carbonyl (C=O) groups excluding carboxylic acids is 1. The molecule has 0 saturated heterocycles. The van der Waals surface area contributed by atoms with Gasteiger partial charge in [0.2, 0.25) is 0 Å². The van der Waals surface area contributed by atoms with Gasteiger partial charge in [-0.15, -0.1) is 5.10 Å². The zero-order valence-corrected chi connectivity index (χ0v) is 10.5. The second kappa shape index (κ2) is 5.18. The fourth-order valence-corrected chi connectivity index (χ4v) is 1.72. The van der Waals surface area contributed by atoms with Gasteiger partial charge < -0.3 is 4.74 Å². The number of aryl methyl sites for hydroxylation is 1. The average molecular weight is 251 g/mol. The van der Waals surface area contributed by atoms with Crippen molar-refractivity contribution in [3.63, 3.8) is 0 Å². The summed E-state index contributed by atoms with van der Waals surface area (Å²) in [6, 6.07) is 5.25. The van der Waals surface area contributed by atoms with Gasteiger partial charge in [0.15, 0.2) is 0 Å². The normalized spacial score (nSPS) is 10.7. The lowest BCUT2D eigenvalue weighted by molar-refractivity contribution is 0.0530. The molecular formula is C11H13N3O2S. The van der Waals surface area contributed by atoms with Crippen molar-refractivity contribution >= 4 is 28.8 Å². The van der Waals surface area contributed by atoms with E-state index in [2.05, 4.69) is 10.3 Å². The van der Waals surface area contributed by atoms with Crippen molar-refractivity contribution in [1.29, 1.82) is 0 Å². The Bertz CT molecular complexity index is 538. The van der Waals surface area contributed by atoms with E-state index in [1.165, 1.54) is 0 Å². The van der Waals surface area contributed by atoms with Crippen LogP contribution in [0.1, 0.15) is 10.4 Å². The average Bonchev–Trinajstić information content (AvgIpc) is 2.71. The highest BCUT2D eigenvalue weighted by Gasteiger charge is 2.09. The lowest BCUT2D eigenvalue weighted by atomic mass is 10.2. The van der Waals surface area contributed by atoms with Gasteiger partial charge in [-0.2, -0.15) is 11.8 Å². The van der Waals surface area contributed by atoms with Crippen LogP contribution in [0.2, 0.25) is 0 Å². The minimum absolute atomic E-state index is 0.313. The van der Waals surface area contributed by atoms with Gasteiger partial charge in [-0.05, 0) is 24.5 Å². The number of fused-ring (bicyclic) bond motifs is 1. The van der Waals surface area contributed by atoms with E-state index in [1.54, 1.807) is 28.6 Å². The standard InChI is InChI=1S/C11H13N3O2S/c1-14-10-4-3-8(7-9(10)12-13-14)11(15)16-5-6-17-2/h3-4,7H,5-6H2,1-2H3. The lowest BCUT2D eigenvalue weighted by Crippen LogP contribution is -2.07. The number of nitrogens with zero attached hydrogens (tertiary/aromatic N) is 3. The Morgan fingerprint density at radius 3 is 3.12 bits per heavy atom.